The number of carbonyl (C=O) groups is 2. The van der Waals surface area contributed by atoms with E-state index in [0.717, 1.165) is 6.42 Å². The minimum atomic E-state index is -0.854. The van der Waals surface area contributed by atoms with Gasteiger partial charge in [-0.3, -0.25) is 4.79 Å². The van der Waals surface area contributed by atoms with Gasteiger partial charge in [-0.1, -0.05) is 13.3 Å². The van der Waals surface area contributed by atoms with E-state index in [-0.39, 0.29) is 18.6 Å². The lowest BCUT2D eigenvalue weighted by atomic mass is 10.0. The lowest BCUT2D eigenvalue weighted by molar-refractivity contribution is -0.141. The Hall–Kier alpha value is -1.30. The number of rotatable bonds is 5. The number of carbonyl (C=O) groups excluding carboxylic acids is 1. The average Bonchev–Trinajstić information content (AvgIpc) is 2.34. The first kappa shape index (κ1) is 14.8. The van der Waals surface area contributed by atoms with Crippen LogP contribution in [0.4, 0.5) is 4.79 Å². The highest BCUT2D eigenvalue weighted by Crippen LogP contribution is 2.08. The maximum Gasteiger partial charge on any atom is 0.317 e. The van der Waals surface area contributed by atoms with E-state index >= 15 is 0 Å². The van der Waals surface area contributed by atoms with E-state index in [0.29, 0.717) is 26.2 Å². The maximum absolute atomic E-state index is 11.9. The van der Waals surface area contributed by atoms with Crippen LogP contribution in [-0.4, -0.2) is 54.4 Å². The first-order chi connectivity index (χ1) is 8.56. The summed E-state index contributed by atoms with van der Waals surface area (Å²) in [5.74, 6) is -1.36. The summed E-state index contributed by atoms with van der Waals surface area (Å²) in [5.41, 5.74) is 0. The molecule has 0 bridgehead atoms. The molecule has 0 radical (unpaired) electrons. The molecular weight excluding hydrogens is 236 g/mol. The van der Waals surface area contributed by atoms with Crippen molar-refractivity contribution in [3.05, 3.63) is 0 Å². The predicted octanol–water partition coefficient (Wildman–Crippen LogP) is 0.918. The molecule has 0 saturated carbocycles. The summed E-state index contributed by atoms with van der Waals surface area (Å²) in [4.78, 5) is 24.6. The van der Waals surface area contributed by atoms with E-state index in [9.17, 15) is 9.59 Å². The first-order valence-electron chi connectivity index (χ1n) is 6.41. The van der Waals surface area contributed by atoms with Crippen LogP contribution in [0.1, 0.15) is 26.7 Å². The second-order valence-corrected chi connectivity index (χ2v) is 4.63. The van der Waals surface area contributed by atoms with Crippen molar-refractivity contribution >= 4 is 12.0 Å². The van der Waals surface area contributed by atoms with Gasteiger partial charge in [-0.25, -0.2) is 4.79 Å². The number of carboxylic acid groups (broad SMARTS) is 1. The molecule has 1 saturated heterocycles. The lowest BCUT2D eigenvalue weighted by Crippen LogP contribution is -2.52. The topological polar surface area (TPSA) is 78.9 Å². The Bertz CT molecular complexity index is 296. The third kappa shape index (κ3) is 4.18. The summed E-state index contributed by atoms with van der Waals surface area (Å²) >= 11 is 0. The summed E-state index contributed by atoms with van der Waals surface area (Å²) in [7, 11) is 0. The van der Waals surface area contributed by atoms with E-state index in [1.807, 2.05) is 13.8 Å². The predicted molar refractivity (Wildman–Crippen MR) is 66.4 cm³/mol. The van der Waals surface area contributed by atoms with E-state index < -0.39 is 11.9 Å². The van der Waals surface area contributed by atoms with Crippen molar-refractivity contribution in [2.24, 2.45) is 5.92 Å². The number of aliphatic carboxylic acids is 1. The molecule has 0 aliphatic carbocycles. The van der Waals surface area contributed by atoms with Gasteiger partial charge < -0.3 is 20.1 Å². The average molecular weight is 258 g/mol. The maximum atomic E-state index is 11.9. The van der Waals surface area contributed by atoms with Crippen molar-refractivity contribution in [1.82, 2.24) is 10.2 Å². The molecule has 1 aliphatic heterocycles. The fraction of sp³-hybridized carbons (Fsp3) is 0.833. The molecule has 6 heteroatoms. The first-order valence-corrected chi connectivity index (χ1v) is 6.41. The van der Waals surface area contributed by atoms with Crippen molar-refractivity contribution in [3.8, 4) is 0 Å². The molecule has 2 N–H and O–H groups in total. The van der Waals surface area contributed by atoms with Crippen molar-refractivity contribution in [2.45, 2.75) is 32.7 Å². The SMILES string of the molecule is CCCC(CNC(=O)N1CCOCC1C)C(=O)O. The number of hydrogen-bond acceptors (Lipinski definition) is 3. The quantitative estimate of drug-likeness (QED) is 0.768. The third-order valence-electron chi connectivity index (χ3n) is 3.11. The number of ether oxygens (including phenoxy) is 1. The van der Waals surface area contributed by atoms with E-state index in [1.54, 1.807) is 4.90 Å². The molecule has 2 atom stereocenters. The molecule has 1 fully saturated rings. The molecule has 104 valence electrons. The molecule has 1 heterocycles. The summed E-state index contributed by atoms with van der Waals surface area (Å²) in [6.45, 7) is 5.66. The molecule has 0 spiro atoms. The Balaban J connectivity index is 2.41. The van der Waals surface area contributed by atoms with Gasteiger partial charge in [0.25, 0.3) is 0 Å². The minimum Gasteiger partial charge on any atom is -0.481 e. The number of carboxylic acids is 1. The Labute approximate surface area is 107 Å². The smallest absolute Gasteiger partial charge is 0.317 e. The molecule has 2 amide bonds. The van der Waals surface area contributed by atoms with Gasteiger partial charge in [0, 0.05) is 13.1 Å². The number of amides is 2. The number of nitrogens with zero attached hydrogens (tertiary/aromatic N) is 1. The second-order valence-electron chi connectivity index (χ2n) is 4.63. The van der Waals surface area contributed by atoms with Crippen LogP contribution in [0.2, 0.25) is 0 Å². The van der Waals surface area contributed by atoms with E-state index in [1.165, 1.54) is 0 Å². The zero-order chi connectivity index (χ0) is 13.5. The highest BCUT2D eigenvalue weighted by molar-refractivity contribution is 5.76. The van der Waals surface area contributed by atoms with E-state index in [4.69, 9.17) is 9.84 Å². The van der Waals surface area contributed by atoms with Crippen molar-refractivity contribution in [2.75, 3.05) is 26.3 Å². The molecular formula is C12H22N2O4. The molecule has 2 unspecified atom stereocenters. The highest BCUT2D eigenvalue weighted by atomic mass is 16.5. The van der Waals surface area contributed by atoms with Gasteiger partial charge in [-0.05, 0) is 13.3 Å². The fourth-order valence-corrected chi connectivity index (χ4v) is 2.00. The Morgan fingerprint density at radius 1 is 1.56 bits per heavy atom. The van der Waals surface area contributed by atoms with Crippen molar-refractivity contribution in [3.63, 3.8) is 0 Å². The summed E-state index contributed by atoms with van der Waals surface area (Å²) in [5, 5.41) is 11.7. The van der Waals surface area contributed by atoms with Crippen LogP contribution in [0.3, 0.4) is 0 Å². The number of urea groups is 1. The van der Waals surface area contributed by atoms with Crippen LogP contribution in [0.15, 0.2) is 0 Å². The van der Waals surface area contributed by atoms with Crippen LogP contribution >= 0.6 is 0 Å². The van der Waals surface area contributed by atoms with Gasteiger partial charge in [0.1, 0.15) is 0 Å². The zero-order valence-electron chi connectivity index (χ0n) is 11.0. The summed E-state index contributed by atoms with van der Waals surface area (Å²) < 4.78 is 5.25. The standard InChI is InChI=1S/C12H22N2O4/c1-3-4-10(11(15)16)7-13-12(17)14-5-6-18-8-9(14)2/h9-10H,3-8H2,1-2H3,(H,13,17)(H,15,16). The van der Waals surface area contributed by atoms with Crippen LogP contribution in [0.5, 0.6) is 0 Å². The highest BCUT2D eigenvalue weighted by Gasteiger charge is 2.25. The van der Waals surface area contributed by atoms with Crippen molar-refractivity contribution < 1.29 is 19.4 Å². The fourth-order valence-electron chi connectivity index (χ4n) is 2.00. The van der Waals surface area contributed by atoms with Gasteiger partial charge in [0.2, 0.25) is 0 Å². The normalized spacial score (nSPS) is 21.4. The number of nitrogens with one attached hydrogen (secondary N) is 1. The lowest BCUT2D eigenvalue weighted by Gasteiger charge is -2.33. The van der Waals surface area contributed by atoms with E-state index in [2.05, 4.69) is 5.32 Å². The second kappa shape index (κ2) is 7.20. The van der Waals surface area contributed by atoms with Crippen LogP contribution in [0.25, 0.3) is 0 Å². The number of morpholine rings is 1. The number of hydrogen-bond donors (Lipinski definition) is 2. The van der Waals surface area contributed by atoms with Crippen LogP contribution in [-0.2, 0) is 9.53 Å². The van der Waals surface area contributed by atoms with Gasteiger partial charge in [-0.15, -0.1) is 0 Å². The van der Waals surface area contributed by atoms with Crippen molar-refractivity contribution in [1.29, 1.82) is 0 Å². The minimum absolute atomic E-state index is 0.0354. The van der Waals surface area contributed by atoms with Gasteiger partial charge in [0.15, 0.2) is 0 Å². The van der Waals surface area contributed by atoms with Gasteiger partial charge >= 0.3 is 12.0 Å². The molecule has 0 aromatic rings. The summed E-state index contributed by atoms with van der Waals surface area (Å²) in [6.07, 6.45) is 1.37. The van der Waals surface area contributed by atoms with Gasteiger partial charge in [0.05, 0.1) is 25.2 Å². The van der Waals surface area contributed by atoms with Crippen LogP contribution in [0, 0.1) is 5.92 Å². The molecule has 1 rings (SSSR count). The molecule has 1 aliphatic rings. The largest absolute Gasteiger partial charge is 0.481 e. The molecule has 18 heavy (non-hydrogen) atoms. The molecule has 0 aromatic carbocycles. The summed E-state index contributed by atoms with van der Waals surface area (Å²) in [6, 6.07) is -0.165. The van der Waals surface area contributed by atoms with Crippen LogP contribution < -0.4 is 5.32 Å². The molecule has 0 aromatic heterocycles. The Kier molecular flexibility index (Phi) is 5.91. The Morgan fingerprint density at radius 3 is 2.83 bits per heavy atom. The third-order valence-corrected chi connectivity index (χ3v) is 3.11. The zero-order valence-corrected chi connectivity index (χ0v) is 11.0. The van der Waals surface area contributed by atoms with Gasteiger partial charge in [-0.2, -0.15) is 0 Å². The monoisotopic (exact) mass is 258 g/mol. The molecule has 6 nitrogen and oxygen atoms in total. The Morgan fingerprint density at radius 2 is 2.28 bits per heavy atom.